The molecule has 9 nitrogen and oxygen atoms in total. The highest BCUT2D eigenvalue weighted by atomic mass is 35.5. The third kappa shape index (κ3) is 5.14. The van der Waals surface area contributed by atoms with Crippen molar-refractivity contribution in [2.75, 3.05) is 14.1 Å². The van der Waals surface area contributed by atoms with Crippen molar-refractivity contribution in [1.82, 2.24) is 24.2 Å². The number of fused-ring (bicyclic) bond motifs is 2. The Labute approximate surface area is 216 Å². The molecule has 3 heterocycles. The maximum atomic E-state index is 13.3. The molecule has 1 amide bonds. The lowest BCUT2D eigenvalue weighted by Gasteiger charge is -2.06. The van der Waals surface area contributed by atoms with Crippen molar-refractivity contribution in [3.8, 4) is 5.69 Å². The summed E-state index contributed by atoms with van der Waals surface area (Å²) in [6.45, 7) is 2.28. The van der Waals surface area contributed by atoms with Gasteiger partial charge in [-0.2, -0.15) is 5.10 Å². The Hall–Kier alpha value is -4.31. The van der Waals surface area contributed by atoms with E-state index in [1.165, 1.54) is 39.9 Å². The SMILES string of the molecule is CN(C)C=O.Cc1nn(-c2ccc(F)cc2)c(Cl)c1/C=C1/CCn2c1nc1cc(C(=O)O)ccc1c2=O. The van der Waals surface area contributed by atoms with Crippen LogP contribution in [0.15, 0.2) is 47.3 Å². The van der Waals surface area contributed by atoms with Gasteiger partial charge in [0.25, 0.3) is 5.56 Å². The van der Waals surface area contributed by atoms with Gasteiger partial charge in [-0.05, 0) is 67.5 Å². The van der Waals surface area contributed by atoms with Crippen LogP contribution in [-0.2, 0) is 11.3 Å². The molecule has 1 aliphatic heterocycles. The zero-order valence-corrected chi connectivity index (χ0v) is 21.0. The van der Waals surface area contributed by atoms with Crippen molar-refractivity contribution < 1.29 is 19.1 Å². The van der Waals surface area contributed by atoms with Crippen LogP contribution in [-0.4, -0.2) is 55.8 Å². The summed E-state index contributed by atoms with van der Waals surface area (Å²) in [6.07, 6.45) is 3.17. The predicted octanol–water partition coefficient (Wildman–Crippen LogP) is 4.03. The molecule has 4 aromatic rings. The number of allylic oxidation sites excluding steroid dienone is 1. The third-order valence-electron chi connectivity index (χ3n) is 5.74. The molecular formula is C26H23ClFN5O4. The molecule has 0 saturated carbocycles. The van der Waals surface area contributed by atoms with Gasteiger partial charge in [-0.1, -0.05) is 11.6 Å². The minimum absolute atomic E-state index is 0.0670. The average molecular weight is 524 g/mol. The second-order valence-corrected chi connectivity index (χ2v) is 8.95. The number of carbonyl (C=O) groups is 2. The van der Waals surface area contributed by atoms with Gasteiger partial charge in [0.05, 0.1) is 27.8 Å². The van der Waals surface area contributed by atoms with Gasteiger partial charge >= 0.3 is 5.97 Å². The molecule has 11 heteroatoms. The van der Waals surface area contributed by atoms with Crippen LogP contribution in [0.2, 0.25) is 5.15 Å². The van der Waals surface area contributed by atoms with E-state index in [-0.39, 0.29) is 16.9 Å². The average Bonchev–Trinajstić information content (AvgIpc) is 3.40. The highest BCUT2D eigenvalue weighted by molar-refractivity contribution is 6.31. The van der Waals surface area contributed by atoms with Gasteiger partial charge in [-0.15, -0.1) is 0 Å². The van der Waals surface area contributed by atoms with Crippen molar-refractivity contribution in [2.45, 2.75) is 19.9 Å². The number of carboxylic acids is 1. The minimum atomic E-state index is -1.08. The molecule has 0 fully saturated rings. The summed E-state index contributed by atoms with van der Waals surface area (Å²) in [5.41, 5.74) is 2.95. The van der Waals surface area contributed by atoms with Crippen LogP contribution in [0.4, 0.5) is 4.39 Å². The maximum absolute atomic E-state index is 13.3. The zero-order valence-electron chi connectivity index (χ0n) is 20.3. The monoisotopic (exact) mass is 523 g/mol. The number of hydrogen-bond acceptors (Lipinski definition) is 5. The molecule has 1 aliphatic rings. The maximum Gasteiger partial charge on any atom is 0.335 e. The molecule has 0 radical (unpaired) electrons. The van der Waals surface area contributed by atoms with E-state index >= 15 is 0 Å². The molecular weight excluding hydrogens is 501 g/mol. The Balaban J connectivity index is 0.000000586. The number of carboxylic acid groups (broad SMARTS) is 1. The van der Waals surface area contributed by atoms with E-state index in [0.717, 1.165) is 12.0 Å². The second kappa shape index (κ2) is 10.4. The van der Waals surface area contributed by atoms with Gasteiger partial charge < -0.3 is 10.0 Å². The first-order chi connectivity index (χ1) is 17.6. The lowest BCUT2D eigenvalue weighted by atomic mass is 10.1. The summed E-state index contributed by atoms with van der Waals surface area (Å²) in [5, 5.41) is 14.5. The molecule has 1 N–H and O–H groups in total. The van der Waals surface area contributed by atoms with E-state index in [1.807, 2.05) is 13.0 Å². The Morgan fingerprint density at radius 3 is 2.49 bits per heavy atom. The van der Waals surface area contributed by atoms with Gasteiger partial charge in [-0.25, -0.2) is 18.9 Å². The lowest BCUT2D eigenvalue weighted by molar-refractivity contribution is -0.115. The van der Waals surface area contributed by atoms with Crippen LogP contribution in [0.25, 0.3) is 28.2 Å². The number of carbonyl (C=O) groups excluding carboxylic acids is 1. The summed E-state index contributed by atoms with van der Waals surface area (Å²) in [7, 11) is 3.38. The number of aromatic carboxylic acids is 1. The second-order valence-electron chi connectivity index (χ2n) is 8.60. The Morgan fingerprint density at radius 2 is 1.86 bits per heavy atom. The normalized spacial score (nSPS) is 13.3. The van der Waals surface area contributed by atoms with Crippen molar-refractivity contribution >= 4 is 46.5 Å². The molecule has 190 valence electrons. The fourth-order valence-corrected chi connectivity index (χ4v) is 4.22. The first-order valence-corrected chi connectivity index (χ1v) is 11.6. The lowest BCUT2D eigenvalue weighted by Crippen LogP contribution is -2.21. The summed E-state index contributed by atoms with van der Waals surface area (Å²) in [5.74, 6) is -0.954. The predicted molar refractivity (Wildman–Crippen MR) is 138 cm³/mol. The summed E-state index contributed by atoms with van der Waals surface area (Å²) < 4.78 is 16.4. The van der Waals surface area contributed by atoms with Crippen LogP contribution >= 0.6 is 11.6 Å². The Kier molecular flexibility index (Phi) is 7.21. The van der Waals surface area contributed by atoms with E-state index < -0.39 is 5.97 Å². The molecule has 37 heavy (non-hydrogen) atoms. The molecule has 5 rings (SSSR count). The van der Waals surface area contributed by atoms with Crippen LogP contribution in [0.1, 0.15) is 33.9 Å². The molecule has 2 aromatic carbocycles. The molecule has 0 bridgehead atoms. The van der Waals surface area contributed by atoms with Gasteiger partial charge in [0.15, 0.2) is 0 Å². The van der Waals surface area contributed by atoms with E-state index in [4.69, 9.17) is 11.6 Å². The van der Waals surface area contributed by atoms with Crippen LogP contribution < -0.4 is 5.56 Å². The smallest absolute Gasteiger partial charge is 0.335 e. The largest absolute Gasteiger partial charge is 0.478 e. The first-order valence-electron chi connectivity index (χ1n) is 11.2. The van der Waals surface area contributed by atoms with Gasteiger partial charge in [0, 0.05) is 26.2 Å². The Bertz CT molecular complexity index is 1610. The highest BCUT2D eigenvalue weighted by Gasteiger charge is 2.23. The summed E-state index contributed by atoms with van der Waals surface area (Å²) in [4.78, 5) is 39.7. The number of benzene rings is 2. The summed E-state index contributed by atoms with van der Waals surface area (Å²) >= 11 is 6.60. The minimum Gasteiger partial charge on any atom is -0.478 e. The number of rotatable bonds is 4. The van der Waals surface area contributed by atoms with E-state index in [2.05, 4.69) is 10.1 Å². The van der Waals surface area contributed by atoms with Gasteiger partial charge in [0.1, 0.15) is 16.8 Å². The zero-order chi connectivity index (χ0) is 26.9. The third-order valence-corrected chi connectivity index (χ3v) is 6.11. The number of halogens is 2. The van der Waals surface area contributed by atoms with Crippen LogP contribution in [0.3, 0.4) is 0 Å². The quantitative estimate of drug-likeness (QED) is 0.404. The fraction of sp³-hybridized carbons (Fsp3) is 0.192. The van der Waals surface area contributed by atoms with Crippen molar-refractivity contribution in [2.24, 2.45) is 0 Å². The van der Waals surface area contributed by atoms with E-state index in [1.54, 1.807) is 30.8 Å². The molecule has 0 saturated heterocycles. The number of aryl methyl sites for hydroxylation is 1. The molecule has 2 aromatic heterocycles. The van der Waals surface area contributed by atoms with Crippen LogP contribution in [0.5, 0.6) is 0 Å². The topological polar surface area (TPSA) is 110 Å². The van der Waals surface area contributed by atoms with Crippen molar-refractivity contribution in [3.05, 3.63) is 86.4 Å². The summed E-state index contributed by atoms with van der Waals surface area (Å²) in [6, 6.07) is 10.1. The van der Waals surface area contributed by atoms with E-state index in [0.29, 0.717) is 51.8 Å². The van der Waals surface area contributed by atoms with Crippen LogP contribution in [0, 0.1) is 12.7 Å². The standard InChI is InChI=1S/C23H16ClFN4O3.C3H7NO/c1-12-18(20(24)29(27-12)16-5-3-15(25)4-6-16)10-13-8-9-28-21(13)26-19-11-14(23(31)32)2-7-17(19)22(28)30;1-4(2)3-5/h2-7,10-11H,8-9H2,1H3,(H,31,32);3H,1-2H3/b13-10-;. The first kappa shape index (κ1) is 25.8. The number of amides is 1. The van der Waals surface area contributed by atoms with Gasteiger partial charge in [0.2, 0.25) is 6.41 Å². The van der Waals surface area contributed by atoms with Gasteiger partial charge in [-0.3, -0.25) is 14.2 Å². The highest BCUT2D eigenvalue weighted by Crippen LogP contribution is 2.32. The number of hydrogen-bond donors (Lipinski definition) is 1. The number of nitrogens with zero attached hydrogens (tertiary/aromatic N) is 5. The molecule has 0 unspecified atom stereocenters. The fourth-order valence-electron chi connectivity index (χ4n) is 3.89. The molecule has 0 spiro atoms. The van der Waals surface area contributed by atoms with E-state index in [9.17, 15) is 23.9 Å². The molecule has 0 atom stereocenters. The van der Waals surface area contributed by atoms with Crippen molar-refractivity contribution in [1.29, 1.82) is 0 Å². The number of aromatic nitrogens is 4. The van der Waals surface area contributed by atoms with Crippen molar-refractivity contribution in [3.63, 3.8) is 0 Å². The Morgan fingerprint density at radius 1 is 1.19 bits per heavy atom. The molecule has 0 aliphatic carbocycles.